The van der Waals surface area contributed by atoms with E-state index in [1.165, 1.54) is 10.9 Å². The third kappa shape index (κ3) is 5.01. The lowest BCUT2D eigenvalue weighted by atomic mass is 9.77. The van der Waals surface area contributed by atoms with Gasteiger partial charge in [0.2, 0.25) is 5.95 Å². The molecule has 3 aromatic carbocycles. The first-order valence-electron chi connectivity index (χ1n) is 14.6. The zero-order chi connectivity index (χ0) is 32.7. The van der Waals surface area contributed by atoms with Crippen molar-refractivity contribution in [3.8, 4) is 0 Å². The normalized spacial score (nSPS) is 26.7. The van der Waals surface area contributed by atoms with Crippen LogP contribution in [0.2, 0.25) is 0 Å². The van der Waals surface area contributed by atoms with Crippen LogP contribution in [0.15, 0.2) is 47.5 Å². The Hall–Kier alpha value is -3.76. The van der Waals surface area contributed by atoms with E-state index in [1.807, 2.05) is 44.2 Å². The van der Waals surface area contributed by atoms with Crippen LogP contribution >= 0.6 is 7.82 Å². The molecule has 3 unspecified atom stereocenters. The number of hydrogen-bond acceptors (Lipinski definition) is 11. The number of imidazole rings is 1. The van der Waals surface area contributed by atoms with Gasteiger partial charge in [-0.05, 0) is 57.6 Å². The number of aliphatic hydroxyl groups excluding tert-OH is 4. The Labute approximate surface area is 260 Å². The van der Waals surface area contributed by atoms with Gasteiger partial charge in [-0.15, -0.1) is 0 Å². The molecule has 5 aromatic rings. The molecule has 7 atom stereocenters. The van der Waals surface area contributed by atoms with Crippen molar-refractivity contribution >= 4 is 46.5 Å². The van der Waals surface area contributed by atoms with Crippen molar-refractivity contribution in [3.05, 3.63) is 75.3 Å². The monoisotopic (exact) mass is 653 g/mol. The molecule has 242 valence electrons. The third-order valence-corrected chi connectivity index (χ3v) is 9.57. The van der Waals surface area contributed by atoms with E-state index in [-0.39, 0.29) is 23.5 Å². The Balaban J connectivity index is 1.31. The highest BCUT2D eigenvalue weighted by molar-refractivity contribution is 7.46. The van der Waals surface area contributed by atoms with Crippen molar-refractivity contribution < 1.29 is 44.0 Å². The number of aryl methyl sites for hydroxylation is 2. The molecule has 3 heterocycles. The number of nitrogens with one attached hydrogen (secondary N) is 2. The zero-order valence-electron chi connectivity index (χ0n) is 24.6. The number of benzene rings is 3. The molecular formula is C30H32N5O10P. The molecule has 1 fully saturated rings. The number of ether oxygens (including phenoxy) is 1. The summed E-state index contributed by atoms with van der Waals surface area (Å²) in [7, 11) is -4.80. The van der Waals surface area contributed by atoms with E-state index < -0.39 is 62.8 Å². The van der Waals surface area contributed by atoms with Gasteiger partial charge in [-0.3, -0.25) is 18.9 Å². The molecule has 46 heavy (non-hydrogen) atoms. The van der Waals surface area contributed by atoms with Gasteiger partial charge in [-0.1, -0.05) is 36.4 Å². The predicted molar refractivity (Wildman–Crippen MR) is 165 cm³/mol. The Morgan fingerprint density at radius 1 is 1.04 bits per heavy atom. The molecule has 15 nitrogen and oxygen atoms in total. The topological polar surface area (TPSA) is 233 Å². The minimum Gasteiger partial charge on any atom is -0.390 e. The highest BCUT2D eigenvalue weighted by Gasteiger charge is 2.43. The number of H-pyrrole nitrogens is 1. The minimum absolute atomic E-state index is 0.00471. The molecule has 8 N–H and O–H groups in total. The van der Waals surface area contributed by atoms with Crippen LogP contribution in [0.4, 0.5) is 5.95 Å². The second-order valence-electron chi connectivity index (χ2n) is 11.8. The molecule has 2 aliphatic rings. The first-order valence-corrected chi connectivity index (χ1v) is 16.1. The molecule has 0 amide bonds. The van der Waals surface area contributed by atoms with Crippen LogP contribution in [0.1, 0.15) is 47.0 Å². The number of fused-ring (bicyclic) bond motifs is 5. The van der Waals surface area contributed by atoms with Crippen LogP contribution in [-0.4, -0.2) is 80.8 Å². The average Bonchev–Trinajstić information content (AvgIpc) is 3.62. The van der Waals surface area contributed by atoms with Crippen molar-refractivity contribution in [1.82, 2.24) is 19.5 Å². The summed E-state index contributed by atoms with van der Waals surface area (Å²) in [4.78, 5) is 42.5. The molecule has 1 saturated heterocycles. The van der Waals surface area contributed by atoms with E-state index in [0.717, 1.165) is 32.7 Å². The maximum atomic E-state index is 13.2. The second kappa shape index (κ2) is 11.2. The number of phosphoric acid groups is 1. The predicted octanol–water partition coefficient (Wildman–Crippen LogP) is 1.72. The van der Waals surface area contributed by atoms with Crippen LogP contribution in [0.25, 0.3) is 32.7 Å². The molecular weight excluding hydrogens is 621 g/mol. The summed E-state index contributed by atoms with van der Waals surface area (Å²) in [5.41, 5.74) is 2.32. The number of aromatic nitrogens is 4. The van der Waals surface area contributed by atoms with Gasteiger partial charge in [-0.25, -0.2) is 9.55 Å². The Bertz CT molecular complexity index is 2110. The molecule has 2 aromatic heterocycles. The van der Waals surface area contributed by atoms with Gasteiger partial charge in [0.1, 0.15) is 30.6 Å². The number of phosphoric ester groups is 1. The zero-order valence-corrected chi connectivity index (χ0v) is 25.5. The van der Waals surface area contributed by atoms with Gasteiger partial charge < -0.3 is 40.3 Å². The standard InChI is InChI=1S/C30H32N5O10P/c1-12-14-5-3-4-6-15(14)13(2)21-16(12)7-8-17-22(21)23(26(38)27(39)25(17)37)32-30-33-28-24(29(40)34-30)31-11-35(28)20-9-18(36)19(45-20)10-44-46(41,42)43/h3-8,11,18-20,23,25-27,36-39H,9-10H2,1-2H3,(H2,41,42,43)(H2,32,33,34,40)/t18?,19?,20?,23-,25+,26+,27-/m1/s1. The highest BCUT2D eigenvalue weighted by Crippen LogP contribution is 2.45. The lowest BCUT2D eigenvalue weighted by molar-refractivity contribution is -0.0767. The van der Waals surface area contributed by atoms with Crippen molar-refractivity contribution in [2.75, 3.05) is 11.9 Å². The SMILES string of the molecule is Cc1c2ccccc2c(C)c2c3c(ccc12)[C@H](O)[C@@H](O)[C@@H](O)[C@@H]3Nc1nc2c(ncn2C2CC(O)C(COP(=O)(O)O)O2)c(=O)[nH]1. The van der Waals surface area contributed by atoms with Crippen LogP contribution in [-0.2, 0) is 13.8 Å². The first kappa shape index (κ1) is 30.9. The summed E-state index contributed by atoms with van der Waals surface area (Å²) < 4.78 is 22.8. The lowest BCUT2D eigenvalue weighted by Gasteiger charge is -2.39. The van der Waals surface area contributed by atoms with Gasteiger partial charge in [0.15, 0.2) is 11.2 Å². The number of aliphatic hydroxyl groups is 4. The van der Waals surface area contributed by atoms with Crippen molar-refractivity contribution in [2.24, 2.45) is 0 Å². The van der Waals surface area contributed by atoms with Gasteiger partial charge >= 0.3 is 7.82 Å². The van der Waals surface area contributed by atoms with Gasteiger partial charge in [0.25, 0.3) is 5.56 Å². The molecule has 16 heteroatoms. The highest BCUT2D eigenvalue weighted by atomic mass is 31.2. The maximum absolute atomic E-state index is 13.2. The van der Waals surface area contributed by atoms with Gasteiger partial charge in [0.05, 0.1) is 25.1 Å². The number of rotatable bonds is 6. The van der Waals surface area contributed by atoms with Gasteiger partial charge in [0, 0.05) is 6.42 Å². The van der Waals surface area contributed by atoms with Crippen LogP contribution < -0.4 is 10.9 Å². The van der Waals surface area contributed by atoms with E-state index >= 15 is 0 Å². The van der Waals surface area contributed by atoms with E-state index in [1.54, 1.807) is 6.07 Å². The third-order valence-electron chi connectivity index (χ3n) is 9.08. The van der Waals surface area contributed by atoms with Crippen LogP contribution in [0, 0.1) is 13.8 Å². The average molecular weight is 654 g/mol. The van der Waals surface area contributed by atoms with E-state index in [4.69, 9.17) is 14.5 Å². The number of aromatic amines is 1. The molecule has 0 bridgehead atoms. The Kier molecular flexibility index (Phi) is 7.51. The quantitative estimate of drug-likeness (QED) is 0.0965. The summed E-state index contributed by atoms with van der Waals surface area (Å²) in [5.74, 6) is -0.0649. The Morgan fingerprint density at radius 2 is 1.76 bits per heavy atom. The molecule has 0 spiro atoms. The fourth-order valence-electron chi connectivity index (χ4n) is 6.82. The summed E-state index contributed by atoms with van der Waals surface area (Å²) >= 11 is 0. The van der Waals surface area contributed by atoms with Crippen LogP contribution in [0.5, 0.6) is 0 Å². The first-order chi connectivity index (χ1) is 21.8. The maximum Gasteiger partial charge on any atom is 0.469 e. The van der Waals surface area contributed by atoms with Crippen LogP contribution in [0.3, 0.4) is 0 Å². The van der Waals surface area contributed by atoms with Crippen molar-refractivity contribution in [1.29, 1.82) is 0 Å². The smallest absolute Gasteiger partial charge is 0.390 e. The molecule has 1 aliphatic carbocycles. The largest absolute Gasteiger partial charge is 0.469 e. The second-order valence-corrected chi connectivity index (χ2v) is 13.0. The van der Waals surface area contributed by atoms with E-state index in [9.17, 15) is 29.8 Å². The van der Waals surface area contributed by atoms with Crippen molar-refractivity contribution in [2.45, 2.75) is 63.1 Å². The summed E-state index contributed by atoms with van der Waals surface area (Å²) in [5, 5.41) is 50.6. The molecule has 0 radical (unpaired) electrons. The molecule has 0 saturated carbocycles. The van der Waals surface area contributed by atoms with Gasteiger partial charge in [-0.2, -0.15) is 4.98 Å². The van der Waals surface area contributed by atoms with Crippen molar-refractivity contribution in [3.63, 3.8) is 0 Å². The van der Waals surface area contributed by atoms with E-state index in [0.29, 0.717) is 11.1 Å². The fraction of sp³-hybridized carbons (Fsp3) is 0.367. The minimum atomic E-state index is -4.80. The summed E-state index contributed by atoms with van der Waals surface area (Å²) in [6.45, 7) is 3.40. The van der Waals surface area contributed by atoms with E-state index in [2.05, 4.69) is 24.8 Å². The fourth-order valence-corrected chi connectivity index (χ4v) is 7.16. The molecule has 7 rings (SSSR count). The summed E-state index contributed by atoms with van der Waals surface area (Å²) in [6, 6.07) is 10.5. The number of hydrogen-bond donors (Lipinski definition) is 8. The molecule has 1 aliphatic heterocycles. The Morgan fingerprint density at radius 3 is 2.48 bits per heavy atom. The number of nitrogens with zero attached hydrogens (tertiary/aromatic N) is 3. The number of anilines is 1. The summed E-state index contributed by atoms with van der Waals surface area (Å²) in [6.07, 6.45) is -6.22. The lowest BCUT2D eigenvalue weighted by Crippen LogP contribution is -2.45.